The number of hydrogen-bond donors (Lipinski definition) is 1. The third kappa shape index (κ3) is 24.5. The fourth-order valence-electron chi connectivity index (χ4n) is 1.80. The van der Waals surface area contributed by atoms with Crippen molar-refractivity contribution in [3.05, 3.63) is 12.2 Å². The van der Waals surface area contributed by atoms with Crippen LogP contribution in [-0.2, 0) is 47.5 Å². The topological polar surface area (TPSA) is 128 Å². The number of carboxylic acids is 1. The lowest BCUT2D eigenvalue weighted by Crippen LogP contribution is -2.15. The van der Waals surface area contributed by atoms with Gasteiger partial charge in [-0.1, -0.05) is 6.58 Å². The van der Waals surface area contributed by atoms with Crippen molar-refractivity contribution in [1.29, 1.82) is 0 Å². The molecule has 0 atom stereocenters. The van der Waals surface area contributed by atoms with E-state index in [1.165, 1.54) is 0 Å². The van der Waals surface area contributed by atoms with Gasteiger partial charge in [-0.15, -0.1) is 0 Å². The maximum atomic E-state index is 11.1. The van der Waals surface area contributed by atoms with Crippen molar-refractivity contribution in [2.45, 2.75) is 6.92 Å². The van der Waals surface area contributed by atoms with Crippen LogP contribution in [0.25, 0.3) is 0 Å². The molecule has 31 heavy (non-hydrogen) atoms. The monoisotopic (exact) mass is 452 g/mol. The molecule has 0 aliphatic heterocycles. The molecule has 0 radical (unpaired) electrons. The van der Waals surface area contributed by atoms with Crippen LogP contribution in [0.4, 0.5) is 0 Å². The second-order valence-electron chi connectivity index (χ2n) is 6.04. The fraction of sp³-hybridized carbons (Fsp3) is 0.800. The number of aliphatic carboxylic acids is 1. The van der Waals surface area contributed by atoms with Gasteiger partial charge in [0.2, 0.25) is 0 Å². The Morgan fingerprint density at radius 1 is 0.581 bits per heavy atom. The van der Waals surface area contributed by atoms with E-state index in [0.29, 0.717) is 84.9 Å². The predicted molar refractivity (Wildman–Crippen MR) is 109 cm³/mol. The van der Waals surface area contributed by atoms with Gasteiger partial charge in [-0.05, 0) is 6.92 Å². The largest absolute Gasteiger partial charge is 0.480 e. The minimum atomic E-state index is -0.999. The second kappa shape index (κ2) is 23.1. The number of rotatable bonds is 24. The molecule has 0 amide bonds. The maximum absolute atomic E-state index is 11.1. The first kappa shape index (κ1) is 29.4. The summed E-state index contributed by atoms with van der Waals surface area (Å²) in [6.07, 6.45) is 0. The molecule has 1 N–H and O–H groups in total. The Kier molecular flexibility index (Phi) is 21.9. The van der Waals surface area contributed by atoms with Crippen molar-refractivity contribution in [3.8, 4) is 0 Å². The minimum Gasteiger partial charge on any atom is -0.480 e. The molecular formula is C20H36O11. The highest BCUT2D eigenvalue weighted by atomic mass is 16.6. The van der Waals surface area contributed by atoms with Crippen LogP contribution in [-0.4, -0.2) is 116 Å². The molecular weight excluding hydrogens is 416 g/mol. The first-order chi connectivity index (χ1) is 15.0. The van der Waals surface area contributed by atoms with Gasteiger partial charge >= 0.3 is 11.9 Å². The molecule has 0 aliphatic rings. The molecule has 11 heteroatoms. The maximum Gasteiger partial charge on any atom is 0.333 e. The predicted octanol–water partition coefficient (Wildman–Crippen LogP) is 0.307. The highest BCUT2D eigenvalue weighted by molar-refractivity contribution is 5.86. The summed E-state index contributed by atoms with van der Waals surface area (Å²) in [5.41, 5.74) is 0.364. The third-order valence-electron chi connectivity index (χ3n) is 3.27. The van der Waals surface area contributed by atoms with E-state index >= 15 is 0 Å². The number of hydrogen-bond acceptors (Lipinski definition) is 10. The summed E-state index contributed by atoms with van der Waals surface area (Å²) in [6, 6.07) is 0. The summed E-state index contributed by atoms with van der Waals surface area (Å²) >= 11 is 0. The Morgan fingerprint density at radius 3 is 1.16 bits per heavy atom. The Hall–Kier alpha value is -1.60. The van der Waals surface area contributed by atoms with Gasteiger partial charge in [-0.2, -0.15) is 0 Å². The van der Waals surface area contributed by atoms with Gasteiger partial charge in [0.05, 0.1) is 85.9 Å². The first-order valence-corrected chi connectivity index (χ1v) is 10.1. The minimum absolute atomic E-state index is 0.194. The van der Waals surface area contributed by atoms with Gasteiger partial charge in [0.15, 0.2) is 0 Å². The molecule has 0 heterocycles. The smallest absolute Gasteiger partial charge is 0.333 e. The quantitative estimate of drug-likeness (QED) is 0.123. The molecule has 0 bridgehead atoms. The molecule has 0 unspecified atom stereocenters. The number of esters is 1. The van der Waals surface area contributed by atoms with Crippen LogP contribution < -0.4 is 0 Å². The molecule has 0 fully saturated rings. The van der Waals surface area contributed by atoms with E-state index < -0.39 is 11.9 Å². The van der Waals surface area contributed by atoms with Crippen molar-refractivity contribution in [3.63, 3.8) is 0 Å². The third-order valence-corrected chi connectivity index (χ3v) is 3.27. The van der Waals surface area contributed by atoms with Gasteiger partial charge in [0, 0.05) is 5.57 Å². The molecule has 0 aromatic carbocycles. The SMILES string of the molecule is C=C(C)C(=O)OCCOCCOCCOCCOCCOCCOCCOCC(=O)O. The summed E-state index contributed by atoms with van der Waals surface area (Å²) < 4.78 is 41.6. The van der Waals surface area contributed by atoms with E-state index in [1.807, 2.05) is 0 Å². The number of ether oxygens (including phenoxy) is 8. The van der Waals surface area contributed by atoms with E-state index in [9.17, 15) is 9.59 Å². The zero-order chi connectivity index (χ0) is 23.0. The molecule has 0 saturated heterocycles. The van der Waals surface area contributed by atoms with Crippen molar-refractivity contribution in [2.75, 3.05) is 99.1 Å². The lowest BCUT2D eigenvalue weighted by molar-refractivity contribution is -0.143. The summed E-state index contributed by atoms with van der Waals surface area (Å²) in [7, 11) is 0. The van der Waals surface area contributed by atoms with Crippen LogP contribution in [0.5, 0.6) is 0 Å². The van der Waals surface area contributed by atoms with Crippen LogP contribution in [0.1, 0.15) is 6.92 Å². The van der Waals surface area contributed by atoms with Crippen LogP contribution in [0.3, 0.4) is 0 Å². The molecule has 0 aromatic heterocycles. The normalized spacial score (nSPS) is 10.9. The van der Waals surface area contributed by atoms with E-state index in [0.717, 1.165) is 0 Å². The first-order valence-electron chi connectivity index (χ1n) is 10.1. The fourth-order valence-corrected chi connectivity index (χ4v) is 1.80. The standard InChI is InChI=1S/C20H36O11/c1-18(2)20(23)31-16-15-29-12-11-27-8-7-25-4-3-24-5-6-26-9-10-28-13-14-30-17-19(21)22/h1,3-17H2,2H3,(H,21,22). The number of carboxylic acid groups (broad SMARTS) is 1. The molecule has 0 saturated carbocycles. The zero-order valence-corrected chi connectivity index (χ0v) is 18.3. The Balaban J connectivity index is 3.07. The van der Waals surface area contributed by atoms with E-state index in [1.54, 1.807) is 6.92 Å². The average molecular weight is 452 g/mol. The summed E-state index contributed by atoms with van der Waals surface area (Å²) in [6.45, 7) is 10.3. The number of carbonyl (C=O) groups is 2. The van der Waals surface area contributed by atoms with Crippen molar-refractivity contribution >= 4 is 11.9 Å². The Labute approximate surface area is 183 Å². The summed E-state index contributed by atoms with van der Waals surface area (Å²) in [5, 5.41) is 8.37. The van der Waals surface area contributed by atoms with Gasteiger partial charge < -0.3 is 43.0 Å². The highest BCUT2D eigenvalue weighted by Crippen LogP contribution is 1.91. The zero-order valence-electron chi connectivity index (χ0n) is 18.3. The molecule has 0 aromatic rings. The van der Waals surface area contributed by atoms with E-state index in [2.05, 4.69) is 6.58 Å². The summed E-state index contributed by atoms with van der Waals surface area (Å²) in [5.74, 6) is -1.42. The number of carbonyl (C=O) groups excluding carboxylic acids is 1. The van der Waals surface area contributed by atoms with Gasteiger partial charge in [-0.3, -0.25) is 0 Å². The summed E-state index contributed by atoms with van der Waals surface area (Å²) in [4.78, 5) is 21.3. The average Bonchev–Trinajstić information content (AvgIpc) is 2.73. The van der Waals surface area contributed by atoms with Crippen molar-refractivity contribution in [2.24, 2.45) is 0 Å². The lowest BCUT2D eigenvalue weighted by atomic mass is 10.4. The molecule has 11 nitrogen and oxygen atoms in total. The van der Waals surface area contributed by atoms with Gasteiger partial charge in [0.25, 0.3) is 0 Å². The molecule has 182 valence electrons. The molecule has 0 aliphatic carbocycles. The lowest BCUT2D eigenvalue weighted by Gasteiger charge is -2.08. The highest BCUT2D eigenvalue weighted by Gasteiger charge is 2.01. The Bertz CT molecular complexity index is 456. The van der Waals surface area contributed by atoms with Gasteiger partial charge in [0.1, 0.15) is 13.2 Å². The van der Waals surface area contributed by atoms with Crippen LogP contribution in [0, 0.1) is 0 Å². The van der Waals surface area contributed by atoms with Crippen molar-refractivity contribution < 1.29 is 52.6 Å². The second-order valence-corrected chi connectivity index (χ2v) is 6.04. The van der Waals surface area contributed by atoms with E-state index in [4.69, 9.17) is 43.0 Å². The van der Waals surface area contributed by atoms with E-state index in [-0.39, 0.29) is 19.8 Å². The van der Waals surface area contributed by atoms with Crippen LogP contribution in [0.15, 0.2) is 12.2 Å². The Morgan fingerprint density at radius 2 is 0.871 bits per heavy atom. The molecule has 0 rings (SSSR count). The van der Waals surface area contributed by atoms with Crippen LogP contribution in [0.2, 0.25) is 0 Å². The van der Waals surface area contributed by atoms with Gasteiger partial charge in [-0.25, -0.2) is 9.59 Å². The van der Waals surface area contributed by atoms with Crippen molar-refractivity contribution in [1.82, 2.24) is 0 Å². The molecule has 0 spiro atoms. The van der Waals surface area contributed by atoms with Crippen LogP contribution >= 0.6 is 0 Å².